The summed E-state index contributed by atoms with van der Waals surface area (Å²) in [5.41, 5.74) is 0. The molecule has 0 aliphatic heterocycles. The second-order valence-corrected chi connectivity index (χ2v) is 2.81. The molecule has 0 fully saturated rings. The van der Waals surface area contributed by atoms with Gasteiger partial charge in [0.2, 0.25) is 0 Å². The number of hydrogen-bond donors (Lipinski definition) is 0. The van der Waals surface area contributed by atoms with E-state index in [2.05, 4.69) is 15.4 Å². The van der Waals surface area contributed by atoms with Crippen molar-refractivity contribution in [3.63, 3.8) is 0 Å². The lowest BCUT2D eigenvalue weighted by atomic mass is 10.2. The highest BCUT2D eigenvalue weighted by Crippen LogP contribution is 2.05. The fraction of sp³-hybridized carbons (Fsp3) is 0.714. The zero-order valence-corrected chi connectivity index (χ0v) is 7.23. The Morgan fingerprint density at radius 2 is 2.33 bits per heavy atom. The van der Waals surface area contributed by atoms with Crippen LogP contribution in [0.4, 0.5) is 0 Å². The molecule has 1 aromatic rings. The van der Waals surface area contributed by atoms with Crippen molar-refractivity contribution in [1.29, 1.82) is 5.26 Å². The van der Waals surface area contributed by atoms with Crippen LogP contribution < -0.4 is 0 Å². The summed E-state index contributed by atoms with van der Waals surface area (Å²) in [5, 5.41) is 20.0. The van der Waals surface area contributed by atoms with Crippen LogP contribution in [-0.4, -0.2) is 20.2 Å². The molecule has 0 amide bonds. The van der Waals surface area contributed by atoms with Gasteiger partial charge in [0, 0.05) is 5.92 Å². The van der Waals surface area contributed by atoms with Crippen molar-refractivity contribution in [2.75, 3.05) is 0 Å². The van der Waals surface area contributed by atoms with Gasteiger partial charge < -0.3 is 0 Å². The number of rotatable bonds is 3. The molecule has 0 bridgehead atoms. The highest BCUT2D eigenvalue weighted by atomic mass is 15.6. The van der Waals surface area contributed by atoms with Crippen molar-refractivity contribution in [2.45, 2.75) is 32.7 Å². The highest BCUT2D eigenvalue weighted by molar-refractivity contribution is 4.84. The van der Waals surface area contributed by atoms with Gasteiger partial charge in [-0.05, 0) is 5.21 Å². The van der Waals surface area contributed by atoms with E-state index in [9.17, 15) is 0 Å². The lowest BCUT2D eigenvalue weighted by molar-refractivity contribution is 0.527. The molecular formula is C7H11N5. The van der Waals surface area contributed by atoms with Crippen molar-refractivity contribution < 1.29 is 0 Å². The summed E-state index contributed by atoms with van der Waals surface area (Å²) in [6, 6.07) is 2.03. The van der Waals surface area contributed by atoms with Gasteiger partial charge in [0.15, 0.2) is 5.82 Å². The molecule has 1 aromatic heterocycles. The molecule has 0 atom stereocenters. The molecule has 5 heteroatoms. The maximum absolute atomic E-state index is 8.30. The SMILES string of the molecule is CC(C)c1nnn(CCC#N)n1. The summed E-state index contributed by atoms with van der Waals surface area (Å²) in [6.07, 6.45) is 0.424. The Hall–Kier alpha value is -1.44. The fourth-order valence-corrected chi connectivity index (χ4v) is 0.731. The molecule has 12 heavy (non-hydrogen) atoms. The van der Waals surface area contributed by atoms with Gasteiger partial charge in [-0.25, -0.2) is 0 Å². The summed E-state index contributed by atoms with van der Waals surface area (Å²) in [6.45, 7) is 4.54. The topological polar surface area (TPSA) is 67.4 Å². The van der Waals surface area contributed by atoms with E-state index >= 15 is 0 Å². The predicted octanol–water partition coefficient (Wildman–Crippen LogP) is 0.710. The van der Waals surface area contributed by atoms with Crippen LogP contribution >= 0.6 is 0 Å². The second kappa shape index (κ2) is 3.81. The predicted molar refractivity (Wildman–Crippen MR) is 42.1 cm³/mol. The van der Waals surface area contributed by atoms with E-state index in [1.54, 1.807) is 0 Å². The maximum Gasteiger partial charge on any atom is 0.177 e. The van der Waals surface area contributed by atoms with Crippen LogP contribution in [0.3, 0.4) is 0 Å². The lowest BCUT2D eigenvalue weighted by Gasteiger charge is -1.93. The normalized spacial score (nSPS) is 10.2. The minimum absolute atomic E-state index is 0.292. The first kappa shape index (κ1) is 8.65. The van der Waals surface area contributed by atoms with E-state index in [4.69, 9.17) is 5.26 Å². The number of nitrogens with zero attached hydrogens (tertiary/aromatic N) is 5. The van der Waals surface area contributed by atoms with Gasteiger partial charge in [0.1, 0.15) is 0 Å². The molecule has 1 heterocycles. The third-order valence-electron chi connectivity index (χ3n) is 1.41. The molecule has 1 rings (SSSR count). The van der Waals surface area contributed by atoms with Crippen molar-refractivity contribution in [3.05, 3.63) is 5.82 Å². The van der Waals surface area contributed by atoms with E-state index in [1.807, 2.05) is 19.9 Å². The molecule has 64 valence electrons. The van der Waals surface area contributed by atoms with Gasteiger partial charge >= 0.3 is 0 Å². The molecule has 0 aliphatic carbocycles. The summed E-state index contributed by atoms with van der Waals surface area (Å²) in [5.74, 6) is 1.02. The first-order valence-electron chi connectivity index (χ1n) is 3.88. The molecule has 0 aliphatic rings. The monoisotopic (exact) mass is 165 g/mol. The third-order valence-corrected chi connectivity index (χ3v) is 1.41. The van der Waals surface area contributed by atoms with Gasteiger partial charge in [-0.3, -0.25) is 0 Å². The average molecular weight is 165 g/mol. The minimum atomic E-state index is 0.292. The van der Waals surface area contributed by atoms with Crippen LogP contribution in [0.25, 0.3) is 0 Å². The highest BCUT2D eigenvalue weighted by Gasteiger charge is 2.05. The number of aromatic nitrogens is 4. The van der Waals surface area contributed by atoms with Crippen molar-refractivity contribution in [1.82, 2.24) is 20.2 Å². The smallest absolute Gasteiger partial charge is 0.177 e. The van der Waals surface area contributed by atoms with Gasteiger partial charge in [-0.15, -0.1) is 10.2 Å². The van der Waals surface area contributed by atoms with Crippen LogP contribution in [0.5, 0.6) is 0 Å². The third kappa shape index (κ3) is 2.02. The Morgan fingerprint density at radius 3 is 2.83 bits per heavy atom. The molecule has 0 saturated heterocycles. The Kier molecular flexibility index (Phi) is 2.75. The van der Waals surface area contributed by atoms with Crippen LogP contribution in [0, 0.1) is 11.3 Å². The van der Waals surface area contributed by atoms with Gasteiger partial charge in [-0.2, -0.15) is 10.1 Å². The van der Waals surface area contributed by atoms with Crippen LogP contribution in [0.1, 0.15) is 32.0 Å². The summed E-state index contributed by atoms with van der Waals surface area (Å²) in [4.78, 5) is 1.46. The fourth-order valence-electron chi connectivity index (χ4n) is 0.731. The molecule has 0 aromatic carbocycles. The number of nitriles is 1. The summed E-state index contributed by atoms with van der Waals surface area (Å²) < 4.78 is 0. The Balaban J connectivity index is 2.59. The van der Waals surface area contributed by atoms with E-state index < -0.39 is 0 Å². The molecule has 5 nitrogen and oxygen atoms in total. The zero-order chi connectivity index (χ0) is 8.97. The van der Waals surface area contributed by atoms with Crippen LogP contribution in [0.2, 0.25) is 0 Å². The quantitative estimate of drug-likeness (QED) is 0.661. The minimum Gasteiger partial charge on any atom is -0.198 e. The number of tetrazole rings is 1. The molecular weight excluding hydrogens is 154 g/mol. The van der Waals surface area contributed by atoms with Crippen molar-refractivity contribution in [2.24, 2.45) is 0 Å². The zero-order valence-electron chi connectivity index (χ0n) is 7.23. The standard InChI is InChI=1S/C7H11N5/c1-6(2)7-9-11-12(10-7)5-3-4-8/h6H,3,5H2,1-2H3. The van der Waals surface area contributed by atoms with E-state index in [1.165, 1.54) is 4.80 Å². The summed E-state index contributed by atoms with van der Waals surface area (Å²) >= 11 is 0. The van der Waals surface area contributed by atoms with Gasteiger partial charge in [0.05, 0.1) is 19.0 Å². The van der Waals surface area contributed by atoms with E-state index in [0.29, 0.717) is 18.9 Å². The van der Waals surface area contributed by atoms with E-state index in [0.717, 1.165) is 5.82 Å². The first-order chi connectivity index (χ1) is 5.74. The molecule has 0 saturated carbocycles. The Bertz CT molecular complexity index is 282. The maximum atomic E-state index is 8.30. The van der Waals surface area contributed by atoms with Crippen molar-refractivity contribution in [3.8, 4) is 6.07 Å². The number of aryl methyl sites for hydroxylation is 1. The molecule has 0 spiro atoms. The first-order valence-corrected chi connectivity index (χ1v) is 3.88. The summed E-state index contributed by atoms with van der Waals surface area (Å²) in [7, 11) is 0. The molecule has 0 radical (unpaired) electrons. The van der Waals surface area contributed by atoms with Gasteiger partial charge in [-0.1, -0.05) is 13.8 Å². The van der Waals surface area contributed by atoms with Gasteiger partial charge in [0.25, 0.3) is 0 Å². The second-order valence-electron chi connectivity index (χ2n) is 2.81. The molecule has 0 unspecified atom stereocenters. The Labute approximate surface area is 71.0 Å². The number of hydrogen-bond acceptors (Lipinski definition) is 4. The molecule has 0 N–H and O–H groups in total. The van der Waals surface area contributed by atoms with Crippen LogP contribution in [-0.2, 0) is 6.54 Å². The lowest BCUT2D eigenvalue weighted by Crippen LogP contribution is -2.02. The largest absolute Gasteiger partial charge is 0.198 e. The van der Waals surface area contributed by atoms with E-state index in [-0.39, 0.29) is 0 Å². The Morgan fingerprint density at radius 1 is 1.58 bits per heavy atom. The van der Waals surface area contributed by atoms with Crippen molar-refractivity contribution >= 4 is 0 Å². The van der Waals surface area contributed by atoms with Crippen LogP contribution in [0.15, 0.2) is 0 Å². The average Bonchev–Trinajstić information content (AvgIpc) is 2.48.